The normalized spacial score (nSPS) is 11.6. The number of hydrogen-bond acceptors (Lipinski definition) is 0. The van der Waals surface area contributed by atoms with E-state index < -0.39 is 7.26 Å². The van der Waals surface area contributed by atoms with Crippen LogP contribution in [0.4, 0.5) is 0 Å². The molecule has 3 rings (SSSR count). The number of benzene rings is 3. The van der Waals surface area contributed by atoms with Crippen molar-refractivity contribution < 1.29 is 17.0 Å². The van der Waals surface area contributed by atoms with Gasteiger partial charge in [0.2, 0.25) is 0 Å². The highest BCUT2D eigenvalue weighted by atomic mass is 79.9. The van der Waals surface area contributed by atoms with Gasteiger partial charge in [-0.25, -0.2) is 0 Å². The molecule has 0 aromatic heterocycles. The van der Waals surface area contributed by atoms with Crippen molar-refractivity contribution in [3.8, 4) is 0 Å². The lowest BCUT2D eigenvalue weighted by atomic mass is 10.1. The van der Waals surface area contributed by atoms with Crippen molar-refractivity contribution in [1.29, 1.82) is 0 Å². The van der Waals surface area contributed by atoms with Gasteiger partial charge in [0.05, 0.1) is 6.16 Å². The third-order valence-electron chi connectivity index (χ3n) is 6.23. The predicted molar refractivity (Wildman–Crippen MR) is 146 cm³/mol. The second-order valence-corrected chi connectivity index (χ2v) is 12.7. The second kappa shape index (κ2) is 15.3. The van der Waals surface area contributed by atoms with Gasteiger partial charge in [-0.15, -0.1) is 0 Å². The quantitative estimate of drug-likeness (QED) is 0.169. The lowest BCUT2D eigenvalue weighted by Crippen LogP contribution is -3.00. The summed E-state index contributed by atoms with van der Waals surface area (Å²) in [5.41, 5.74) is 0. The zero-order valence-electron chi connectivity index (χ0n) is 20.4. The highest BCUT2D eigenvalue weighted by Crippen LogP contribution is 2.55. The molecule has 0 nitrogen and oxygen atoms in total. The van der Waals surface area contributed by atoms with Crippen LogP contribution in [0.2, 0.25) is 0 Å². The Morgan fingerprint density at radius 1 is 0.576 bits per heavy atom. The summed E-state index contributed by atoms with van der Waals surface area (Å²) in [6, 6.07) is 33.9. The minimum atomic E-state index is -1.64. The molecular formula is C31H40BrP. The molecule has 2 heteroatoms. The van der Waals surface area contributed by atoms with E-state index in [1.54, 1.807) is 0 Å². The number of unbranched alkanes of at least 4 members (excludes halogenated alkanes) is 6. The van der Waals surface area contributed by atoms with Crippen LogP contribution in [-0.2, 0) is 0 Å². The van der Waals surface area contributed by atoms with Crippen LogP contribution in [0.15, 0.2) is 103 Å². The molecule has 0 saturated heterocycles. The molecule has 0 aliphatic carbocycles. The Kier molecular flexibility index (Phi) is 12.7. The van der Waals surface area contributed by atoms with Crippen molar-refractivity contribution in [2.75, 3.05) is 6.16 Å². The van der Waals surface area contributed by atoms with Crippen LogP contribution in [0.25, 0.3) is 0 Å². The molecule has 33 heavy (non-hydrogen) atoms. The van der Waals surface area contributed by atoms with Crippen molar-refractivity contribution >= 4 is 23.2 Å². The van der Waals surface area contributed by atoms with Gasteiger partial charge >= 0.3 is 0 Å². The van der Waals surface area contributed by atoms with Gasteiger partial charge in [-0.2, -0.15) is 0 Å². The van der Waals surface area contributed by atoms with Gasteiger partial charge in [-0.1, -0.05) is 99.9 Å². The van der Waals surface area contributed by atoms with Crippen LogP contribution >= 0.6 is 7.26 Å². The van der Waals surface area contributed by atoms with Gasteiger partial charge in [0.1, 0.15) is 23.2 Å². The topological polar surface area (TPSA) is 0 Å². The molecule has 0 spiro atoms. The van der Waals surface area contributed by atoms with Gasteiger partial charge in [0.15, 0.2) is 0 Å². The highest BCUT2D eigenvalue weighted by molar-refractivity contribution is 7.95. The first-order chi connectivity index (χ1) is 15.7. The highest BCUT2D eigenvalue weighted by Gasteiger charge is 2.44. The second-order valence-electron chi connectivity index (χ2n) is 9.12. The molecule has 0 atom stereocenters. The molecule has 0 radical (unpaired) electrons. The molecule has 0 bridgehead atoms. The number of halogens is 1. The molecule has 0 aliphatic rings. The van der Waals surface area contributed by atoms with Crippen molar-refractivity contribution in [2.24, 2.45) is 5.92 Å². The van der Waals surface area contributed by atoms with E-state index in [2.05, 4.69) is 117 Å². The van der Waals surface area contributed by atoms with E-state index in [0.717, 1.165) is 0 Å². The van der Waals surface area contributed by atoms with E-state index in [0.29, 0.717) is 5.92 Å². The maximum atomic E-state index is 2.36. The molecule has 3 aromatic carbocycles. The predicted octanol–water partition coefficient (Wildman–Crippen LogP) is 4.93. The Hall–Kier alpha value is -1.69. The molecule has 0 amide bonds. The first kappa shape index (κ1) is 27.6. The maximum Gasteiger partial charge on any atom is 0.112 e. The summed E-state index contributed by atoms with van der Waals surface area (Å²) in [5, 5.41) is 4.53. The van der Waals surface area contributed by atoms with Crippen LogP contribution in [-0.4, -0.2) is 6.16 Å². The van der Waals surface area contributed by atoms with Crippen molar-refractivity contribution in [2.45, 2.75) is 58.8 Å². The lowest BCUT2D eigenvalue weighted by Gasteiger charge is -2.27. The van der Waals surface area contributed by atoms with E-state index in [1.807, 2.05) is 0 Å². The molecule has 0 fully saturated rings. The summed E-state index contributed by atoms with van der Waals surface area (Å²) < 4.78 is 0. The fourth-order valence-electron chi connectivity index (χ4n) is 4.57. The fraction of sp³-hybridized carbons (Fsp3) is 0.355. The van der Waals surface area contributed by atoms with E-state index in [1.165, 1.54) is 67.0 Å². The minimum Gasteiger partial charge on any atom is -1.00 e. The third-order valence-corrected chi connectivity index (χ3v) is 10.8. The van der Waals surface area contributed by atoms with Crippen LogP contribution in [0.5, 0.6) is 0 Å². The van der Waals surface area contributed by atoms with Gasteiger partial charge < -0.3 is 17.0 Å². The zero-order chi connectivity index (χ0) is 22.5. The largest absolute Gasteiger partial charge is 1.00 e. The Balaban J connectivity index is 0.00000385. The Bertz CT molecular complexity index is 807. The molecule has 176 valence electrons. The summed E-state index contributed by atoms with van der Waals surface area (Å²) in [5.74, 6) is 0.678. The van der Waals surface area contributed by atoms with Crippen LogP contribution < -0.4 is 32.9 Å². The van der Waals surface area contributed by atoms with E-state index >= 15 is 0 Å². The SMILES string of the molecule is CC(C)/C=C/CCCCCCCC[P+](c1ccccc1)(c1ccccc1)c1ccccc1.[Br-]. The van der Waals surface area contributed by atoms with E-state index in [4.69, 9.17) is 0 Å². The summed E-state index contributed by atoms with van der Waals surface area (Å²) in [6.07, 6.45) is 15.2. The van der Waals surface area contributed by atoms with E-state index in [9.17, 15) is 0 Å². The van der Waals surface area contributed by atoms with Crippen LogP contribution in [0.1, 0.15) is 58.8 Å². The standard InChI is InChI=1S/C31H40P.BrH/c1-28(2)20-12-7-5-3-4-6-8-19-27-32(29-21-13-9-14-22-29,30-23-15-10-16-24-30)31-25-17-11-18-26-31;/h9-18,20-26,28H,3-8,19,27H2,1-2H3;1H/q+1;/p-1/b20-12+;. The van der Waals surface area contributed by atoms with Gasteiger partial charge in [0.25, 0.3) is 0 Å². The van der Waals surface area contributed by atoms with Crippen molar-refractivity contribution in [3.63, 3.8) is 0 Å². The average molecular weight is 524 g/mol. The summed E-state index contributed by atoms with van der Waals surface area (Å²) in [6.45, 7) is 4.50. The van der Waals surface area contributed by atoms with Gasteiger partial charge in [-0.3, -0.25) is 0 Å². The number of rotatable bonds is 13. The Labute approximate surface area is 213 Å². The third kappa shape index (κ3) is 8.24. The van der Waals surface area contributed by atoms with E-state index in [-0.39, 0.29) is 17.0 Å². The molecule has 0 saturated carbocycles. The van der Waals surface area contributed by atoms with Gasteiger partial charge in [-0.05, 0) is 68.0 Å². The monoisotopic (exact) mass is 522 g/mol. The fourth-order valence-corrected chi connectivity index (χ4v) is 8.98. The average Bonchev–Trinajstić information content (AvgIpc) is 2.84. The summed E-state index contributed by atoms with van der Waals surface area (Å²) in [7, 11) is -1.64. The molecular weight excluding hydrogens is 483 g/mol. The molecule has 0 unspecified atom stereocenters. The lowest BCUT2D eigenvalue weighted by molar-refractivity contribution is -0.00000657. The van der Waals surface area contributed by atoms with Crippen molar-refractivity contribution in [1.82, 2.24) is 0 Å². The Morgan fingerprint density at radius 2 is 0.970 bits per heavy atom. The summed E-state index contributed by atoms with van der Waals surface area (Å²) in [4.78, 5) is 0. The first-order valence-corrected chi connectivity index (χ1v) is 14.4. The first-order valence-electron chi connectivity index (χ1n) is 12.4. The molecule has 0 N–H and O–H groups in total. The zero-order valence-corrected chi connectivity index (χ0v) is 22.9. The molecule has 0 heterocycles. The Morgan fingerprint density at radius 3 is 1.39 bits per heavy atom. The minimum absolute atomic E-state index is 0. The van der Waals surface area contributed by atoms with Gasteiger partial charge in [0, 0.05) is 0 Å². The summed E-state index contributed by atoms with van der Waals surface area (Å²) >= 11 is 0. The molecule has 0 aliphatic heterocycles. The van der Waals surface area contributed by atoms with Crippen LogP contribution in [0, 0.1) is 5.92 Å². The molecule has 3 aromatic rings. The number of allylic oxidation sites excluding steroid dienone is 2. The smallest absolute Gasteiger partial charge is 0.112 e. The van der Waals surface area contributed by atoms with Crippen molar-refractivity contribution in [3.05, 3.63) is 103 Å². The van der Waals surface area contributed by atoms with Crippen LogP contribution in [0.3, 0.4) is 0 Å². The number of hydrogen-bond donors (Lipinski definition) is 0. The maximum absolute atomic E-state index is 2.36.